The summed E-state index contributed by atoms with van der Waals surface area (Å²) in [6.07, 6.45) is 0.439. The van der Waals surface area contributed by atoms with Gasteiger partial charge in [0.2, 0.25) is 0 Å². The van der Waals surface area contributed by atoms with Crippen molar-refractivity contribution in [3.05, 3.63) is 29.8 Å². The Kier molecular flexibility index (Phi) is 4.51. The predicted octanol–water partition coefficient (Wildman–Crippen LogP) is 2.13. The van der Waals surface area contributed by atoms with Crippen molar-refractivity contribution in [1.82, 2.24) is 0 Å². The van der Waals surface area contributed by atoms with E-state index in [4.69, 9.17) is 9.84 Å². The topological polar surface area (TPSA) is 63.6 Å². The smallest absolute Gasteiger partial charge is 0.311 e. The van der Waals surface area contributed by atoms with E-state index >= 15 is 0 Å². The summed E-state index contributed by atoms with van der Waals surface area (Å²) in [5.74, 6) is -0.820. The molecule has 4 heteroatoms. The fourth-order valence-corrected chi connectivity index (χ4v) is 1.20. The van der Waals surface area contributed by atoms with Crippen molar-refractivity contribution in [2.24, 2.45) is 0 Å². The van der Waals surface area contributed by atoms with Crippen LogP contribution in [0.15, 0.2) is 24.3 Å². The van der Waals surface area contributed by atoms with E-state index in [-0.39, 0.29) is 0 Å². The molecule has 0 spiro atoms. The third kappa shape index (κ3) is 3.73. The van der Waals surface area contributed by atoms with Gasteiger partial charge in [0.1, 0.15) is 12.2 Å². The maximum atomic E-state index is 11.4. The summed E-state index contributed by atoms with van der Waals surface area (Å²) in [6, 6.07) is 6.50. The van der Waals surface area contributed by atoms with Gasteiger partial charge in [0.05, 0.1) is 6.61 Å². The molecule has 0 atom stereocenters. The summed E-state index contributed by atoms with van der Waals surface area (Å²) >= 11 is 0. The van der Waals surface area contributed by atoms with Gasteiger partial charge in [-0.1, -0.05) is 6.92 Å². The molecule has 0 aliphatic rings. The van der Waals surface area contributed by atoms with Crippen LogP contribution in [-0.4, -0.2) is 23.5 Å². The zero-order valence-electron chi connectivity index (χ0n) is 9.10. The fourth-order valence-electron chi connectivity index (χ4n) is 1.20. The molecule has 0 aliphatic carbocycles. The molecule has 0 saturated heterocycles. The Bertz CT molecular complexity index is 367. The third-order valence-corrected chi connectivity index (χ3v) is 1.96. The SMILES string of the molecule is CCCOc1ccc(C(=O)CC(=O)O)cc1. The lowest BCUT2D eigenvalue weighted by atomic mass is 10.1. The fraction of sp³-hybridized carbons (Fsp3) is 0.333. The van der Waals surface area contributed by atoms with E-state index in [0.29, 0.717) is 17.9 Å². The molecule has 1 N–H and O–H groups in total. The Balaban J connectivity index is 2.63. The van der Waals surface area contributed by atoms with Crippen molar-refractivity contribution in [3.8, 4) is 5.75 Å². The van der Waals surface area contributed by atoms with Crippen molar-refractivity contribution in [1.29, 1.82) is 0 Å². The van der Waals surface area contributed by atoms with Gasteiger partial charge in [0.15, 0.2) is 5.78 Å². The number of aliphatic carboxylic acids is 1. The van der Waals surface area contributed by atoms with Crippen molar-refractivity contribution < 1.29 is 19.4 Å². The van der Waals surface area contributed by atoms with E-state index in [1.807, 2.05) is 6.92 Å². The van der Waals surface area contributed by atoms with Crippen LogP contribution < -0.4 is 4.74 Å². The van der Waals surface area contributed by atoms with Crippen LogP contribution in [0.2, 0.25) is 0 Å². The van der Waals surface area contributed by atoms with Crippen LogP contribution >= 0.6 is 0 Å². The molecule has 86 valence electrons. The molecule has 0 heterocycles. The first-order valence-electron chi connectivity index (χ1n) is 5.11. The number of carbonyl (C=O) groups is 2. The first-order chi connectivity index (χ1) is 7.63. The Morgan fingerprint density at radius 1 is 1.25 bits per heavy atom. The molecule has 1 aromatic carbocycles. The molecule has 0 amide bonds. The minimum Gasteiger partial charge on any atom is -0.494 e. The Morgan fingerprint density at radius 2 is 1.88 bits per heavy atom. The number of carbonyl (C=O) groups excluding carboxylic acids is 1. The molecule has 0 aliphatic heterocycles. The zero-order chi connectivity index (χ0) is 12.0. The number of hydrogen-bond donors (Lipinski definition) is 1. The molecule has 4 nitrogen and oxygen atoms in total. The highest BCUT2D eigenvalue weighted by Crippen LogP contribution is 2.13. The molecule has 0 unspecified atom stereocenters. The first kappa shape index (κ1) is 12.2. The summed E-state index contributed by atoms with van der Waals surface area (Å²) in [5.41, 5.74) is 0.395. The van der Waals surface area contributed by atoms with Crippen LogP contribution in [0.1, 0.15) is 30.1 Å². The summed E-state index contributed by atoms with van der Waals surface area (Å²) in [4.78, 5) is 21.7. The Morgan fingerprint density at radius 3 is 2.38 bits per heavy atom. The predicted molar refractivity (Wildman–Crippen MR) is 58.8 cm³/mol. The highest BCUT2D eigenvalue weighted by atomic mass is 16.5. The molecule has 1 aromatic rings. The van der Waals surface area contributed by atoms with E-state index in [2.05, 4.69) is 0 Å². The Labute approximate surface area is 93.9 Å². The van der Waals surface area contributed by atoms with Crippen LogP contribution in [-0.2, 0) is 4.79 Å². The molecular weight excluding hydrogens is 208 g/mol. The minimum absolute atomic E-state index is 0.394. The number of carboxylic acid groups (broad SMARTS) is 1. The second-order valence-corrected chi connectivity index (χ2v) is 3.37. The van der Waals surface area contributed by atoms with Gasteiger partial charge in [-0.05, 0) is 30.7 Å². The van der Waals surface area contributed by atoms with E-state index in [0.717, 1.165) is 6.42 Å². The van der Waals surface area contributed by atoms with Crippen LogP contribution in [0.25, 0.3) is 0 Å². The molecule has 0 saturated carbocycles. The van der Waals surface area contributed by atoms with Gasteiger partial charge in [-0.2, -0.15) is 0 Å². The molecule has 1 rings (SSSR count). The molecule has 0 bridgehead atoms. The number of benzene rings is 1. The third-order valence-electron chi connectivity index (χ3n) is 1.96. The number of ketones is 1. The summed E-state index contributed by atoms with van der Waals surface area (Å²) in [6.45, 7) is 2.63. The average molecular weight is 222 g/mol. The van der Waals surface area contributed by atoms with E-state index in [1.54, 1.807) is 24.3 Å². The van der Waals surface area contributed by atoms with Gasteiger partial charge in [0.25, 0.3) is 0 Å². The summed E-state index contributed by atoms with van der Waals surface area (Å²) in [7, 11) is 0. The molecule has 0 radical (unpaired) electrons. The highest BCUT2D eigenvalue weighted by Gasteiger charge is 2.10. The first-order valence-corrected chi connectivity index (χ1v) is 5.11. The highest BCUT2D eigenvalue weighted by molar-refractivity contribution is 6.05. The summed E-state index contributed by atoms with van der Waals surface area (Å²) in [5, 5.41) is 8.47. The number of ether oxygens (including phenoxy) is 1. The second kappa shape index (κ2) is 5.90. The lowest BCUT2D eigenvalue weighted by molar-refractivity contribution is -0.135. The maximum Gasteiger partial charge on any atom is 0.311 e. The number of carboxylic acids is 1. The number of hydrogen-bond acceptors (Lipinski definition) is 3. The van der Waals surface area contributed by atoms with Gasteiger partial charge in [-0.25, -0.2) is 0 Å². The van der Waals surface area contributed by atoms with Crippen molar-refractivity contribution in [2.75, 3.05) is 6.61 Å². The van der Waals surface area contributed by atoms with Crippen molar-refractivity contribution in [2.45, 2.75) is 19.8 Å². The van der Waals surface area contributed by atoms with Crippen LogP contribution in [0.3, 0.4) is 0 Å². The second-order valence-electron chi connectivity index (χ2n) is 3.37. The van der Waals surface area contributed by atoms with E-state index in [9.17, 15) is 9.59 Å². The largest absolute Gasteiger partial charge is 0.494 e. The standard InChI is InChI=1S/C12H14O4/c1-2-7-16-10-5-3-9(4-6-10)11(13)8-12(14)15/h3-6H,2,7-8H2,1H3,(H,14,15). The number of rotatable bonds is 6. The van der Waals surface area contributed by atoms with Crippen LogP contribution in [0.4, 0.5) is 0 Å². The van der Waals surface area contributed by atoms with Gasteiger partial charge in [-0.15, -0.1) is 0 Å². The van der Waals surface area contributed by atoms with Gasteiger partial charge < -0.3 is 9.84 Å². The normalized spacial score (nSPS) is 9.81. The minimum atomic E-state index is -1.11. The van der Waals surface area contributed by atoms with Gasteiger partial charge in [-0.3, -0.25) is 9.59 Å². The van der Waals surface area contributed by atoms with Gasteiger partial charge >= 0.3 is 5.97 Å². The Hall–Kier alpha value is -1.84. The lowest BCUT2D eigenvalue weighted by Crippen LogP contribution is -2.06. The zero-order valence-corrected chi connectivity index (χ0v) is 9.10. The average Bonchev–Trinajstić information content (AvgIpc) is 2.26. The molecule has 0 aromatic heterocycles. The van der Waals surface area contributed by atoms with E-state index in [1.165, 1.54) is 0 Å². The van der Waals surface area contributed by atoms with Crippen molar-refractivity contribution in [3.63, 3.8) is 0 Å². The van der Waals surface area contributed by atoms with Crippen LogP contribution in [0.5, 0.6) is 5.75 Å². The quantitative estimate of drug-likeness (QED) is 0.591. The summed E-state index contributed by atoms with van der Waals surface area (Å²) < 4.78 is 5.34. The van der Waals surface area contributed by atoms with Crippen molar-refractivity contribution >= 4 is 11.8 Å². The lowest BCUT2D eigenvalue weighted by Gasteiger charge is -2.04. The monoisotopic (exact) mass is 222 g/mol. The molecular formula is C12H14O4. The molecule has 16 heavy (non-hydrogen) atoms. The maximum absolute atomic E-state index is 11.4. The van der Waals surface area contributed by atoms with Crippen LogP contribution in [0, 0.1) is 0 Å². The van der Waals surface area contributed by atoms with Gasteiger partial charge in [0, 0.05) is 5.56 Å². The molecule has 0 fully saturated rings. The van der Waals surface area contributed by atoms with E-state index < -0.39 is 18.2 Å². The number of Topliss-reactive ketones (excluding diaryl/α,β-unsaturated/α-hetero) is 1.